The van der Waals surface area contributed by atoms with Gasteiger partial charge in [0.15, 0.2) is 0 Å². The second kappa shape index (κ2) is 5.10. The van der Waals surface area contributed by atoms with Gasteiger partial charge in [0.05, 0.1) is 0 Å². The molecule has 0 radical (unpaired) electrons. The summed E-state index contributed by atoms with van der Waals surface area (Å²) in [6, 6.07) is 7.69. The Balaban J connectivity index is 2.23. The number of aromatic nitrogens is 1. The van der Waals surface area contributed by atoms with Crippen LogP contribution in [-0.2, 0) is 0 Å². The Morgan fingerprint density at radius 1 is 1.33 bits per heavy atom. The molecule has 1 aromatic heterocycles. The lowest BCUT2D eigenvalue weighted by Crippen LogP contribution is -2.09. The molecule has 0 amide bonds. The van der Waals surface area contributed by atoms with Gasteiger partial charge in [-0.25, -0.2) is 9.37 Å². The van der Waals surface area contributed by atoms with Gasteiger partial charge in [-0.05, 0) is 24.6 Å². The van der Waals surface area contributed by atoms with Gasteiger partial charge in [-0.15, -0.1) is 0 Å². The van der Waals surface area contributed by atoms with E-state index in [1.165, 1.54) is 18.3 Å². The van der Waals surface area contributed by atoms with E-state index < -0.39 is 0 Å². The van der Waals surface area contributed by atoms with Crippen LogP contribution in [0.1, 0.15) is 11.1 Å². The Bertz CT molecular complexity index is 584. The van der Waals surface area contributed by atoms with Crippen molar-refractivity contribution in [2.75, 3.05) is 0 Å². The van der Waals surface area contributed by atoms with Crippen molar-refractivity contribution in [2.45, 2.75) is 6.92 Å². The van der Waals surface area contributed by atoms with Gasteiger partial charge in [0.1, 0.15) is 16.6 Å². The summed E-state index contributed by atoms with van der Waals surface area (Å²) >= 11 is 4.82. The fourth-order valence-corrected chi connectivity index (χ4v) is 1.50. The van der Waals surface area contributed by atoms with Crippen molar-refractivity contribution in [1.82, 2.24) is 4.98 Å². The van der Waals surface area contributed by atoms with E-state index in [9.17, 15) is 4.39 Å². The summed E-state index contributed by atoms with van der Waals surface area (Å²) in [7, 11) is 0. The minimum Gasteiger partial charge on any atom is -0.439 e. The molecule has 2 N–H and O–H groups in total. The number of nitrogens with two attached hydrogens (primary N) is 1. The van der Waals surface area contributed by atoms with Crippen LogP contribution in [0.2, 0.25) is 0 Å². The number of nitrogens with zero attached hydrogens (tertiary/aromatic N) is 1. The fourth-order valence-electron chi connectivity index (χ4n) is 1.38. The first-order valence-electron chi connectivity index (χ1n) is 5.26. The Kier molecular flexibility index (Phi) is 3.53. The van der Waals surface area contributed by atoms with Crippen LogP contribution in [0.15, 0.2) is 36.5 Å². The minimum absolute atomic E-state index is 0.274. The van der Waals surface area contributed by atoms with E-state index in [2.05, 4.69) is 4.98 Å². The van der Waals surface area contributed by atoms with Crippen molar-refractivity contribution < 1.29 is 9.13 Å². The highest BCUT2D eigenvalue weighted by Crippen LogP contribution is 2.24. The number of hydrogen-bond donors (Lipinski definition) is 1. The molecular formula is C13H11FN2OS. The lowest BCUT2D eigenvalue weighted by molar-refractivity contribution is 0.454. The molecule has 0 aliphatic carbocycles. The van der Waals surface area contributed by atoms with Crippen molar-refractivity contribution in [1.29, 1.82) is 0 Å². The van der Waals surface area contributed by atoms with Crippen LogP contribution in [0.25, 0.3) is 0 Å². The predicted octanol–water partition coefficient (Wildman–Crippen LogP) is 2.96. The van der Waals surface area contributed by atoms with Crippen LogP contribution < -0.4 is 10.5 Å². The molecule has 1 heterocycles. The number of rotatable bonds is 3. The molecule has 92 valence electrons. The third kappa shape index (κ3) is 2.81. The van der Waals surface area contributed by atoms with Gasteiger partial charge in [-0.1, -0.05) is 18.3 Å². The van der Waals surface area contributed by atoms with Crippen molar-refractivity contribution in [3.8, 4) is 11.6 Å². The zero-order chi connectivity index (χ0) is 13.1. The number of thiocarbonyl (C=S) groups is 1. The smallest absolute Gasteiger partial charge is 0.219 e. The summed E-state index contributed by atoms with van der Waals surface area (Å²) in [5, 5.41) is 0. The highest BCUT2D eigenvalue weighted by atomic mass is 32.1. The maximum atomic E-state index is 13.1. The molecule has 18 heavy (non-hydrogen) atoms. The first kappa shape index (κ1) is 12.4. The summed E-state index contributed by atoms with van der Waals surface area (Å²) in [4.78, 5) is 4.33. The van der Waals surface area contributed by atoms with Crippen LogP contribution in [-0.4, -0.2) is 9.97 Å². The molecule has 0 spiro atoms. The molecular weight excluding hydrogens is 251 g/mol. The quantitative estimate of drug-likeness (QED) is 0.864. The summed E-state index contributed by atoms with van der Waals surface area (Å²) < 4.78 is 18.6. The lowest BCUT2D eigenvalue weighted by atomic mass is 10.2. The average Bonchev–Trinajstić information content (AvgIpc) is 2.34. The second-order valence-electron chi connectivity index (χ2n) is 3.76. The van der Waals surface area contributed by atoms with Gasteiger partial charge in [0.25, 0.3) is 0 Å². The standard InChI is InChI=1S/C13H11FN2OS/c1-8-2-4-10(14)6-11(8)17-12-5-3-9(7-16-12)13(15)18/h2-7H,1H3,(H2,15,18). The van der Waals surface area contributed by atoms with Gasteiger partial charge in [0, 0.05) is 23.9 Å². The lowest BCUT2D eigenvalue weighted by Gasteiger charge is -2.08. The number of pyridine rings is 1. The minimum atomic E-state index is -0.352. The monoisotopic (exact) mass is 262 g/mol. The maximum absolute atomic E-state index is 13.1. The molecule has 0 bridgehead atoms. The molecule has 0 unspecified atom stereocenters. The van der Waals surface area contributed by atoms with E-state index >= 15 is 0 Å². The van der Waals surface area contributed by atoms with Crippen molar-refractivity contribution in [3.63, 3.8) is 0 Å². The zero-order valence-corrected chi connectivity index (χ0v) is 10.5. The van der Waals surface area contributed by atoms with Crippen molar-refractivity contribution >= 4 is 17.2 Å². The summed E-state index contributed by atoms with van der Waals surface area (Å²) in [6.45, 7) is 1.83. The molecule has 2 aromatic rings. The molecule has 0 saturated heterocycles. The van der Waals surface area contributed by atoms with Gasteiger partial charge in [-0.3, -0.25) is 0 Å². The normalized spacial score (nSPS) is 10.1. The summed E-state index contributed by atoms with van der Waals surface area (Å²) in [6.07, 6.45) is 1.52. The summed E-state index contributed by atoms with van der Waals surface area (Å²) in [5.74, 6) is 0.449. The fraction of sp³-hybridized carbons (Fsp3) is 0.0769. The maximum Gasteiger partial charge on any atom is 0.219 e. The number of aryl methyl sites for hydroxylation is 1. The van der Waals surface area contributed by atoms with Gasteiger partial charge in [-0.2, -0.15) is 0 Å². The Morgan fingerprint density at radius 2 is 2.11 bits per heavy atom. The van der Waals surface area contributed by atoms with Gasteiger partial charge in [0.2, 0.25) is 5.88 Å². The highest BCUT2D eigenvalue weighted by Gasteiger charge is 2.05. The molecule has 0 aliphatic rings. The van der Waals surface area contributed by atoms with E-state index in [0.717, 1.165) is 5.56 Å². The van der Waals surface area contributed by atoms with E-state index in [0.29, 0.717) is 17.2 Å². The zero-order valence-electron chi connectivity index (χ0n) is 9.68. The summed E-state index contributed by atoms with van der Waals surface area (Å²) in [5.41, 5.74) is 6.95. The predicted molar refractivity (Wildman–Crippen MR) is 71.3 cm³/mol. The molecule has 5 heteroatoms. The van der Waals surface area contributed by atoms with Crippen LogP contribution in [0, 0.1) is 12.7 Å². The van der Waals surface area contributed by atoms with Crippen molar-refractivity contribution in [2.24, 2.45) is 5.73 Å². The Labute approximate surface area is 109 Å². The first-order chi connectivity index (χ1) is 8.56. The van der Waals surface area contributed by atoms with E-state index in [-0.39, 0.29) is 10.8 Å². The molecule has 2 rings (SSSR count). The van der Waals surface area contributed by atoms with Gasteiger partial charge >= 0.3 is 0 Å². The van der Waals surface area contributed by atoms with Crippen LogP contribution in [0.5, 0.6) is 11.6 Å². The third-order valence-electron chi connectivity index (χ3n) is 2.39. The van der Waals surface area contributed by atoms with Gasteiger partial charge < -0.3 is 10.5 Å². The van der Waals surface area contributed by atoms with Crippen molar-refractivity contribution in [3.05, 3.63) is 53.5 Å². The second-order valence-corrected chi connectivity index (χ2v) is 4.20. The molecule has 0 atom stereocenters. The first-order valence-corrected chi connectivity index (χ1v) is 5.67. The number of hydrogen-bond acceptors (Lipinski definition) is 3. The topological polar surface area (TPSA) is 48.1 Å². The molecule has 3 nitrogen and oxygen atoms in total. The van der Waals surface area contributed by atoms with Crippen LogP contribution in [0.4, 0.5) is 4.39 Å². The molecule has 0 aliphatic heterocycles. The largest absolute Gasteiger partial charge is 0.439 e. The molecule has 0 fully saturated rings. The number of halogens is 1. The number of ether oxygens (including phenoxy) is 1. The number of benzene rings is 1. The van der Waals surface area contributed by atoms with Crippen LogP contribution in [0.3, 0.4) is 0 Å². The molecule has 0 saturated carbocycles. The molecule has 1 aromatic carbocycles. The Morgan fingerprint density at radius 3 is 2.72 bits per heavy atom. The Hall–Kier alpha value is -2.01. The average molecular weight is 262 g/mol. The highest BCUT2D eigenvalue weighted by molar-refractivity contribution is 7.80. The van der Waals surface area contributed by atoms with E-state index in [1.807, 2.05) is 6.92 Å². The third-order valence-corrected chi connectivity index (χ3v) is 2.62. The SMILES string of the molecule is Cc1ccc(F)cc1Oc1ccc(C(N)=S)cn1. The van der Waals surface area contributed by atoms with E-state index in [4.69, 9.17) is 22.7 Å². The van der Waals surface area contributed by atoms with E-state index in [1.54, 1.807) is 18.2 Å². The van der Waals surface area contributed by atoms with Crippen LogP contribution >= 0.6 is 12.2 Å².